The smallest absolute Gasteiger partial charge is 0.311 e. The van der Waals surface area contributed by atoms with E-state index >= 15 is 0 Å². The summed E-state index contributed by atoms with van der Waals surface area (Å²) in [6.07, 6.45) is -0.296. The first-order chi connectivity index (χ1) is 13.3. The van der Waals surface area contributed by atoms with E-state index in [0.29, 0.717) is 17.0 Å². The van der Waals surface area contributed by atoms with Crippen LogP contribution in [0.3, 0.4) is 0 Å². The Bertz CT molecular complexity index is 900. The third-order valence-electron chi connectivity index (χ3n) is 3.94. The molecule has 0 spiro atoms. The fraction of sp³-hybridized carbons (Fsp3) is 0.333. The van der Waals surface area contributed by atoms with E-state index in [9.17, 15) is 19.2 Å². The maximum Gasteiger partial charge on any atom is 0.311 e. The van der Waals surface area contributed by atoms with Crippen molar-refractivity contribution in [2.24, 2.45) is 11.5 Å². The third kappa shape index (κ3) is 5.47. The van der Waals surface area contributed by atoms with Gasteiger partial charge in [0.15, 0.2) is 6.61 Å². The molecule has 1 aromatic carbocycles. The molecule has 10 nitrogen and oxygen atoms in total. The van der Waals surface area contributed by atoms with Gasteiger partial charge in [-0.15, -0.1) is 0 Å². The number of carbonyl (C=O) groups is 3. The minimum Gasteiger partial charge on any atom is -0.484 e. The molecule has 0 aliphatic rings. The Labute approximate surface area is 160 Å². The highest BCUT2D eigenvalue weighted by Crippen LogP contribution is 2.29. The van der Waals surface area contributed by atoms with Crippen molar-refractivity contribution in [3.05, 3.63) is 51.4 Å². The van der Waals surface area contributed by atoms with E-state index in [1.807, 2.05) is 0 Å². The van der Waals surface area contributed by atoms with Gasteiger partial charge in [0.05, 0.1) is 18.7 Å². The minimum absolute atomic E-state index is 0.141. The lowest BCUT2D eigenvalue weighted by atomic mass is 9.87. The van der Waals surface area contributed by atoms with Gasteiger partial charge in [-0.3, -0.25) is 24.3 Å². The summed E-state index contributed by atoms with van der Waals surface area (Å²) in [7, 11) is 0. The second kappa shape index (κ2) is 9.40. The lowest BCUT2D eigenvalue weighted by molar-refractivity contribution is -0.142. The standard InChI is InChI=1S/C18H22N4O6/c1-2-27-16(25)8-13-17(18(26)22-21-13)12(7-14(19)23)10-3-5-11(6-4-10)28-9-15(20)24/h3-6,12H,2,7-9H2,1H3,(H2,19,23)(H2,20,24)(H2,21,22,26)/t12-/m1/s1. The van der Waals surface area contributed by atoms with Crippen molar-refractivity contribution in [3.63, 3.8) is 0 Å². The number of primary amides is 2. The molecule has 2 rings (SSSR count). The normalized spacial score (nSPS) is 11.6. The summed E-state index contributed by atoms with van der Waals surface area (Å²) in [4.78, 5) is 46.6. The number of hydrogen-bond donors (Lipinski definition) is 4. The molecule has 0 unspecified atom stereocenters. The lowest BCUT2D eigenvalue weighted by Crippen LogP contribution is -2.22. The Hall–Kier alpha value is -3.56. The largest absolute Gasteiger partial charge is 0.484 e. The van der Waals surface area contributed by atoms with Crippen molar-refractivity contribution >= 4 is 17.8 Å². The second-order valence-electron chi connectivity index (χ2n) is 6.00. The van der Waals surface area contributed by atoms with Crippen LogP contribution in [0.5, 0.6) is 5.75 Å². The number of amides is 2. The van der Waals surface area contributed by atoms with Gasteiger partial charge in [0.25, 0.3) is 11.5 Å². The van der Waals surface area contributed by atoms with Crippen molar-refractivity contribution in [3.8, 4) is 5.75 Å². The molecule has 0 fully saturated rings. The highest BCUT2D eigenvalue weighted by molar-refractivity contribution is 5.76. The average molecular weight is 390 g/mol. The summed E-state index contributed by atoms with van der Waals surface area (Å²) in [6, 6.07) is 6.45. The number of esters is 1. The Morgan fingerprint density at radius 1 is 1.07 bits per heavy atom. The van der Waals surface area contributed by atoms with E-state index in [-0.39, 0.29) is 31.6 Å². The number of nitrogens with two attached hydrogens (primary N) is 2. The summed E-state index contributed by atoms with van der Waals surface area (Å²) < 4.78 is 10.1. The molecule has 10 heteroatoms. The summed E-state index contributed by atoms with van der Waals surface area (Å²) in [5, 5.41) is 5.10. The molecule has 2 amide bonds. The molecule has 2 aromatic rings. The summed E-state index contributed by atoms with van der Waals surface area (Å²) in [5.74, 6) is -2.01. The number of ether oxygens (including phenoxy) is 2. The third-order valence-corrected chi connectivity index (χ3v) is 3.94. The topological polar surface area (TPSA) is 170 Å². The first kappa shape index (κ1) is 20.7. The summed E-state index contributed by atoms with van der Waals surface area (Å²) in [6.45, 7) is 1.61. The van der Waals surface area contributed by atoms with Crippen LogP contribution in [-0.2, 0) is 25.5 Å². The van der Waals surface area contributed by atoms with Gasteiger partial charge in [0.1, 0.15) is 5.75 Å². The van der Waals surface area contributed by atoms with Crippen LogP contribution < -0.4 is 21.8 Å². The molecule has 0 aliphatic carbocycles. The highest BCUT2D eigenvalue weighted by Gasteiger charge is 2.26. The number of carbonyl (C=O) groups excluding carboxylic acids is 3. The molecule has 150 valence electrons. The van der Waals surface area contributed by atoms with E-state index in [1.54, 1.807) is 31.2 Å². The van der Waals surface area contributed by atoms with Gasteiger partial charge in [-0.1, -0.05) is 12.1 Å². The second-order valence-corrected chi connectivity index (χ2v) is 6.00. The molecule has 0 aliphatic heterocycles. The molecule has 28 heavy (non-hydrogen) atoms. The van der Waals surface area contributed by atoms with Crippen LogP contribution in [0.2, 0.25) is 0 Å². The highest BCUT2D eigenvalue weighted by atomic mass is 16.5. The first-order valence-corrected chi connectivity index (χ1v) is 8.56. The fourth-order valence-corrected chi connectivity index (χ4v) is 2.81. The Balaban J connectivity index is 2.35. The van der Waals surface area contributed by atoms with Crippen LogP contribution >= 0.6 is 0 Å². The van der Waals surface area contributed by atoms with Crippen LogP contribution in [0.4, 0.5) is 0 Å². The zero-order valence-electron chi connectivity index (χ0n) is 15.3. The minimum atomic E-state index is -0.679. The molecular formula is C18H22N4O6. The molecule has 0 radical (unpaired) electrons. The number of rotatable bonds is 10. The predicted octanol–water partition coefficient (Wildman–Crippen LogP) is -0.320. The van der Waals surface area contributed by atoms with Crippen LogP contribution in [0.15, 0.2) is 29.1 Å². The molecule has 1 atom stereocenters. The Morgan fingerprint density at radius 2 is 1.75 bits per heavy atom. The SMILES string of the molecule is CCOC(=O)Cc1[nH][nH]c(=O)c1[C@H](CC(N)=O)c1ccc(OCC(N)=O)cc1. The monoisotopic (exact) mass is 390 g/mol. The molecule has 0 bridgehead atoms. The first-order valence-electron chi connectivity index (χ1n) is 8.56. The van der Waals surface area contributed by atoms with Gasteiger partial charge >= 0.3 is 5.97 Å². The van der Waals surface area contributed by atoms with Crippen molar-refractivity contribution in [1.29, 1.82) is 0 Å². The molecule has 0 saturated heterocycles. The van der Waals surface area contributed by atoms with Crippen LogP contribution in [0, 0.1) is 0 Å². The molecule has 0 saturated carbocycles. The van der Waals surface area contributed by atoms with E-state index < -0.39 is 29.3 Å². The number of nitrogens with one attached hydrogen (secondary N) is 2. The van der Waals surface area contributed by atoms with E-state index in [0.717, 1.165) is 0 Å². The van der Waals surface area contributed by atoms with Crippen molar-refractivity contribution in [2.45, 2.75) is 25.7 Å². The van der Waals surface area contributed by atoms with Crippen LogP contribution in [0.25, 0.3) is 0 Å². The van der Waals surface area contributed by atoms with E-state index in [1.165, 1.54) is 0 Å². The molecule has 6 N–H and O–H groups in total. The van der Waals surface area contributed by atoms with Gasteiger partial charge in [-0.25, -0.2) is 0 Å². The summed E-state index contributed by atoms with van der Waals surface area (Å²) >= 11 is 0. The van der Waals surface area contributed by atoms with Crippen molar-refractivity contribution in [2.75, 3.05) is 13.2 Å². The zero-order chi connectivity index (χ0) is 20.7. The average Bonchev–Trinajstić information content (AvgIpc) is 2.98. The number of aromatic nitrogens is 2. The number of H-pyrrole nitrogens is 2. The van der Waals surface area contributed by atoms with Crippen molar-refractivity contribution in [1.82, 2.24) is 10.2 Å². The van der Waals surface area contributed by atoms with Crippen LogP contribution in [-0.4, -0.2) is 41.2 Å². The van der Waals surface area contributed by atoms with Gasteiger partial charge in [-0.2, -0.15) is 0 Å². The van der Waals surface area contributed by atoms with Gasteiger partial charge < -0.3 is 26.0 Å². The van der Waals surface area contributed by atoms with Gasteiger partial charge in [0, 0.05) is 17.9 Å². The lowest BCUT2D eigenvalue weighted by Gasteiger charge is -2.16. The van der Waals surface area contributed by atoms with E-state index in [4.69, 9.17) is 20.9 Å². The maximum absolute atomic E-state index is 12.4. The molecular weight excluding hydrogens is 368 g/mol. The van der Waals surface area contributed by atoms with Crippen molar-refractivity contribution < 1.29 is 23.9 Å². The molecule has 1 aromatic heterocycles. The maximum atomic E-state index is 12.4. The predicted molar refractivity (Wildman–Crippen MR) is 98.5 cm³/mol. The fourth-order valence-electron chi connectivity index (χ4n) is 2.81. The zero-order valence-corrected chi connectivity index (χ0v) is 15.3. The molecule has 1 heterocycles. The number of aromatic amines is 2. The summed E-state index contributed by atoms with van der Waals surface area (Å²) in [5.41, 5.74) is 11.1. The quantitative estimate of drug-likeness (QED) is 0.405. The Morgan fingerprint density at radius 3 is 2.32 bits per heavy atom. The Kier molecular flexibility index (Phi) is 6.96. The number of benzene rings is 1. The van der Waals surface area contributed by atoms with Crippen LogP contribution in [0.1, 0.15) is 36.1 Å². The van der Waals surface area contributed by atoms with E-state index in [2.05, 4.69) is 10.2 Å². The van der Waals surface area contributed by atoms with Gasteiger partial charge in [0.2, 0.25) is 5.91 Å². The number of hydrogen-bond acceptors (Lipinski definition) is 6. The van der Waals surface area contributed by atoms with Gasteiger partial charge in [-0.05, 0) is 24.6 Å².